The molecule has 0 aliphatic rings. The van der Waals surface area contributed by atoms with Gasteiger partial charge in [0.1, 0.15) is 6.17 Å². The molecular weight excluding hydrogens is 117 g/mol. The summed E-state index contributed by atoms with van der Waals surface area (Å²) in [4.78, 5) is 0. The van der Waals surface area contributed by atoms with Gasteiger partial charge in [-0.15, -0.1) is 12.4 Å². The molecular formula is C4H11ClFN. The molecule has 0 aromatic rings. The van der Waals surface area contributed by atoms with Crippen LogP contribution in [-0.4, -0.2) is 12.2 Å². The Kier molecular flexibility index (Phi) is 6.34. The van der Waals surface area contributed by atoms with E-state index in [4.69, 9.17) is 5.73 Å². The van der Waals surface area contributed by atoms with Gasteiger partial charge in [-0.05, 0) is 13.8 Å². The van der Waals surface area contributed by atoms with E-state index in [-0.39, 0.29) is 18.4 Å². The van der Waals surface area contributed by atoms with E-state index < -0.39 is 6.17 Å². The molecule has 2 N–H and O–H groups in total. The maximum absolute atomic E-state index is 11.7. The van der Waals surface area contributed by atoms with E-state index in [2.05, 4.69) is 0 Å². The molecule has 0 rings (SSSR count). The molecule has 1 nitrogen and oxygen atoms in total. The highest BCUT2D eigenvalue weighted by atomic mass is 35.5. The summed E-state index contributed by atoms with van der Waals surface area (Å²) in [5.74, 6) is 0. The summed E-state index contributed by atoms with van der Waals surface area (Å²) in [6.07, 6.45) is -0.870. The van der Waals surface area contributed by atoms with Crippen molar-refractivity contribution in [2.24, 2.45) is 5.73 Å². The van der Waals surface area contributed by atoms with E-state index in [1.54, 1.807) is 6.92 Å². The van der Waals surface area contributed by atoms with Crippen LogP contribution < -0.4 is 5.73 Å². The highest BCUT2D eigenvalue weighted by Gasteiger charge is 2.00. The predicted octanol–water partition coefficient (Wildman–Crippen LogP) is 1.11. The predicted molar refractivity (Wildman–Crippen MR) is 31.5 cm³/mol. The molecule has 0 saturated carbocycles. The highest BCUT2D eigenvalue weighted by Crippen LogP contribution is 1.89. The Morgan fingerprint density at radius 3 is 1.57 bits per heavy atom. The average molecular weight is 128 g/mol. The van der Waals surface area contributed by atoms with E-state index in [0.717, 1.165) is 0 Å². The molecule has 0 aliphatic heterocycles. The molecule has 3 heteroatoms. The smallest absolute Gasteiger partial charge is 0.112 e. The van der Waals surface area contributed by atoms with Crippen LogP contribution in [0.15, 0.2) is 0 Å². The van der Waals surface area contributed by atoms with Gasteiger partial charge in [-0.1, -0.05) is 0 Å². The van der Waals surface area contributed by atoms with Crippen LogP contribution in [0, 0.1) is 0 Å². The minimum absolute atomic E-state index is 0. The molecule has 46 valence electrons. The third-order valence-electron chi connectivity index (χ3n) is 0.725. The van der Waals surface area contributed by atoms with Crippen LogP contribution in [0.2, 0.25) is 0 Å². The number of rotatable bonds is 1. The normalized spacial score (nSPS) is 17.1. The summed E-state index contributed by atoms with van der Waals surface area (Å²) in [7, 11) is 0. The van der Waals surface area contributed by atoms with Gasteiger partial charge in [0.25, 0.3) is 0 Å². The third-order valence-corrected chi connectivity index (χ3v) is 0.725. The van der Waals surface area contributed by atoms with E-state index in [1.165, 1.54) is 6.92 Å². The van der Waals surface area contributed by atoms with Gasteiger partial charge in [-0.3, -0.25) is 0 Å². The minimum atomic E-state index is -0.870. The molecule has 0 aromatic carbocycles. The van der Waals surface area contributed by atoms with Gasteiger partial charge in [0.05, 0.1) is 0 Å². The first kappa shape index (κ1) is 10.2. The SMILES string of the molecule is CC(N)C(C)F.Cl. The van der Waals surface area contributed by atoms with Gasteiger partial charge in [0.2, 0.25) is 0 Å². The fourth-order valence-electron chi connectivity index (χ4n) is 0. The lowest BCUT2D eigenvalue weighted by Crippen LogP contribution is -2.24. The quantitative estimate of drug-likeness (QED) is 0.561. The van der Waals surface area contributed by atoms with Gasteiger partial charge in [0, 0.05) is 6.04 Å². The molecule has 2 atom stereocenters. The molecule has 0 heterocycles. The number of alkyl halides is 1. The Hall–Kier alpha value is 0.180. The first-order valence-corrected chi connectivity index (χ1v) is 2.04. The largest absolute Gasteiger partial charge is 0.325 e. The lowest BCUT2D eigenvalue weighted by atomic mass is 10.3. The number of hydrogen-bond acceptors (Lipinski definition) is 1. The molecule has 0 saturated heterocycles. The van der Waals surface area contributed by atoms with E-state index in [1.807, 2.05) is 0 Å². The molecule has 7 heavy (non-hydrogen) atoms. The van der Waals surface area contributed by atoms with Crippen LogP contribution in [0.1, 0.15) is 13.8 Å². The van der Waals surface area contributed by atoms with Gasteiger partial charge >= 0.3 is 0 Å². The van der Waals surface area contributed by atoms with Gasteiger partial charge < -0.3 is 5.73 Å². The number of halogens is 2. The zero-order valence-corrected chi connectivity index (χ0v) is 5.33. The zero-order valence-electron chi connectivity index (χ0n) is 4.52. The van der Waals surface area contributed by atoms with E-state index >= 15 is 0 Å². The van der Waals surface area contributed by atoms with Gasteiger partial charge in [0.15, 0.2) is 0 Å². The lowest BCUT2D eigenvalue weighted by Gasteiger charge is -2.01. The van der Waals surface area contributed by atoms with Crippen molar-refractivity contribution in [2.75, 3.05) is 0 Å². The Bertz CT molecular complexity index is 32.7. The van der Waals surface area contributed by atoms with Crippen LogP contribution in [0.3, 0.4) is 0 Å². The van der Waals surface area contributed by atoms with Crippen LogP contribution in [0.4, 0.5) is 4.39 Å². The summed E-state index contributed by atoms with van der Waals surface area (Å²) >= 11 is 0. The van der Waals surface area contributed by atoms with Crippen molar-refractivity contribution in [1.82, 2.24) is 0 Å². The zero-order chi connectivity index (χ0) is 5.15. The van der Waals surface area contributed by atoms with E-state index in [0.29, 0.717) is 0 Å². The first-order valence-electron chi connectivity index (χ1n) is 2.04. The summed E-state index contributed by atoms with van der Waals surface area (Å²) in [5, 5.41) is 0. The van der Waals surface area contributed by atoms with Gasteiger partial charge in [-0.25, -0.2) is 4.39 Å². The second-order valence-corrected chi connectivity index (χ2v) is 1.54. The Morgan fingerprint density at radius 2 is 1.57 bits per heavy atom. The van der Waals surface area contributed by atoms with Gasteiger partial charge in [-0.2, -0.15) is 0 Å². The Labute approximate surface area is 49.5 Å². The number of hydrogen-bond donors (Lipinski definition) is 1. The van der Waals surface area contributed by atoms with E-state index in [9.17, 15) is 4.39 Å². The molecule has 0 aromatic heterocycles. The minimum Gasteiger partial charge on any atom is -0.325 e. The summed E-state index contributed by atoms with van der Waals surface area (Å²) < 4.78 is 11.7. The molecule has 2 unspecified atom stereocenters. The van der Waals surface area contributed by atoms with Crippen molar-refractivity contribution in [3.05, 3.63) is 0 Å². The monoisotopic (exact) mass is 127 g/mol. The Balaban J connectivity index is 0. The van der Waals surface area contributed by atoms with Crippen LogP contribution in [0.5, 0.6) is 0 Å². The maximum atomic E-state index is 11.7. The van der Waals surface area contributed by atoms with Crippen molar-refractivity contribution in [3.8, 4) is 0 Å². The van der Waals surface area contributed by atoms with Crippen molar-refractivity contribution in [3.63, 3.8) is 0 Å². The molecule has 0 bridgehead atoms. The maximum Gasteiger partial charge on any atom is 0.112 e. The average Bonchev–Trinajstić information content (AvgIpc) is 1.36. The summed E-state index contributed by atoms with van der Waals surface area (Å²) in [6.45, 7) is 3.09. The fraction of sp³-hybridized carbons (Fsp3) is 1.00. The summed E-state index contributed by atoms with van der Waals surface area (Å²) in [6, 6.07) is -0.315. The molecule has 0 amide bonds. The standard InChI is InChI=1S/C4H10FN.ClH/c1-3(5)4(2)6;/h3-4H,6H2,1-2H3;1H. The third kappa shape index (κ3) is 6.18. The topological polar surface area (TPSA) is 26.0 Å². The lowest BCUT2D eigenvalue weighted by molar-refractivity contribution is 0.318. The second-order valence-electron chi connectivity index (χ2n) is 1.54. The highest BCUT2D eigenvalue weighted by molar-refractivity contribution is 5.85. The van der Waals surface area contributed by atoms with Crippen LogP contribution >= 0.6 is 12.4 Å². The Morgan fingerprint density at radius 1 is 1.43 bits per heavy atom. The van der Waals surface area contributed by atoms with Crippen LogP contribution in [-0.2, 0) is 0 Å². The molecule has 0 radical (unpaired) electrons. The molecule has 0 aliphatic carbocycles. The summed E-state index contributed by atoms with van der Waals surface area (Å²) in [5.41, 5.74) is 5.06. The number of nitrogens with two attached hydrogens (primary N) is 1. The van der Waals surface area contributed by atoms with Crippen molar-refractivity contribution < 1.29 is 4.39 Å². The molecule has 0 spiro atoms. The van der Waals surface area contributed by atoms with Crippen LogP contribution in [0.25, 0.3) is 0 Å². The first-order chi connectivity index (χ1) is 2.64. The fourth-order valence-corrected chi connectivity index (χ4v) is 0. The molecule has 0 fully saturated rings. The second kappa shape index (κ2) is 4.34. The van der Waals surface area contributed by atoms with Crippen molar-refractivity contribution in [2.45, 2.75) is 26.1 Å². The van der Waals surface area contributed by atoms with Crippen molar-refractivity contribution >= 4 is 12.4 Å². The van der Waals surface area contributed by atoms with Crippen molar-refractivity contribution in [1.29, 1.82) is 0 Å².